The van der Waals surface area contributed by atoms with Gasteiger partial charge in [-0.05, 0) is 25.2 Å². The Labute approximate surface area is 125 Å². The van der Waals surface area contributed by atoms with Gasteiger partial charge in [-0.25, -0.2) is 4.79 Å². The Morgan fingerprint density at radius 2 is 1.52 bits per heavy atom. The van der Waals surface area contributed by atoms with E-state index in [0.29, 0.717) is 6.42 Å². The van der Waals surface area contributed by atoms with Crippen LogP contribution >= 0.6 is 0 Å². The molecule has 2 amide bonds. The lowest BCUT2D eigenvalue weighted by Gasteiger charge is -2.22. The van der Waals surface area contributed by atoms with Crippen molar-refractivity contribution < 1.29 is 19.5 Å². The van der Waals surface area contributed by atoms with E-state index in [9.17, 15) is 14.4 Å². The van der Waals surface area contributed by atoms with Crippen molar-refractivity contribution in [1.29, 1.82) is 0 Å². The summed E-state index contributed by atoms with van der Waals surface area (Å²) in [7, 11) is 0. The summed E-state index contributed by atoms with van der Waals surface area (Å²) in [6.07, 6.45) is 0.327. The maximum absolute atomic E-state index is 11.9. The average Bonchev–Trinajstić information content (AvgIpc) is 2.35. The lowest BCUT2D eigenvalue weighted by atomic mass is 10.0. The number of carboxylic acid groups (broad SMARTS) is 1. The Bertz CT molecular complexity index is 382. The second-order valence-electron chi connectivity index (χ2n) is 6.03. The number of rotatable bonds is 8. The molecular weight excluding hydrogens is 274 g/mol. The summed E-state index contributed by atoms with van der Waals surface area (Å²) in [5.74, 6) is -1.97. The lowest BCUT2D eigenvalue weighted by Crippen LogP contribution is -2.54. The van der Waals surface area contributed by atoms with Crippen LogP contribution in [0, 0.1) is 11.8 Å². The normalized spacial score (nSPS) is 15.4. The zero-order valence-corrected chi connectivity index (χ0v) is 13.3. The molecule has 3 atom stereocenters. The number of hydrogen-bond donors (Lipinski definition) is 4. The maximum Gasteiger partial charge on any atom is 0.326 e. The Morgan fingerprint density at radius 3 is 1.90 bits per heavy atom. The number of hydrogen-bond acceptors (Lipinski definition) is 4. The highest BCUT2D eigenvalue weighted by molar-refractivity contribution is 5.91. The van der Waals surface area contributed by atoms with E-state index in [1.807, 2.05) is 13.8 Å². The predicted molar refractivity (Wildman–Crippen MR) is 79.4 cm³/mol. The van der Waals surface area contributed by atoms with Crippen LogP contribution in [0.5, 0.6) is 0 Å². The highest BCUT2D eigenvalue weighted by Gasteiger charge is 2.26. The first-order valence-corrected chi connectivity index (χ1v) is 7.15. The summed E-state index contributed by atoms with van der Waals surface area (Å²) >= 11 is 0. The van der Waals surface area contributed by atoms with Gasteiger partial charge in [0.15, 0.2) is 0 Å². The van der Waals surface area contributed by atoms with Gasteiger partial charge in [0, 0.05) is 0 Å². The van der Waals surface area contributed by atoms with Crippen molar-refractivity contribution in [2.45, 2.75) is 59.2 Å². The van der Waals surface area contributed by atoms with Crippen LogP contribution in [0.4, 0.5) is 0 Å². The maximum atomic E-state index is 11.9. The monoisotopic (exact) mass is 301 g/mol. The van der Waals surface area contributed by atoms with Gasteiger partial charge in [0.1, 0.15) is 12.1 Å². The average molecular weight is 301 g/mol. The minimum absolute atomic E-state index is 0.0482. The summed E-state index contributed by atoms with van der Waals surface area (Å²) in [4.78, 5) is 34.8. The molecule has 21 heavy (non-hydrogen) atoms. The van der Waals surface area contributed by atoms with Gasteiger partial charge in [-0.2, -0.15) is 0 Å². The minimum Gasteiger partial charge on any atom is -0.480 e. The van der Waals surface area contributed by atoms with Crippen molar-refractivity contribution in [2.24, 2.45) is 17.6 Å². The number of carboxylic acids is 1. The van der Waals surface area contributed by atoms with E-state index in [-0.39, 0.29) is 11.8 Å². The fourth-order valence-corrected chi connectivity index (χ4v) is 1.67. The fourth-order valence-electron chi connectivity index (χ4n) is 1.67. The SMILES string of the molecule is CC(C)CC(NC(=O)C(C)NC(=O)C(N)C(C)C)C(=O)O. The zero-order valence-electron chi connectivity index (χ0n) is 13.3. The van der Waals surface area contributed by atoms with Gasteiger partial charge in [0.2, 0.25) is 11.8 Å². The second-order valence-corrected chi connectivity index (χ2v) is 6.03. The van der Waals surface area contributed by atoms with E-state index in [4.69, 9.17) is 10.8 Å². The third-order valence-electron chi connectivity index (χ3n) is 3.09. The second kappa shape index (κ2) is 8.61. The number of carbonyl (C=O) groups excluding carboxylic acids is 2. The van der Waals surface area contributed by atoms with Crippen molar-refractivity contribution in [3.05, 3.63) is 0 Å². The van der Waals surface area contributed by atoms with Crippen molar-refractivity contribution in [3.8, 4) is 0 Å². The largest absolute Gasteiger partial charge is 0.480 e. The van der Waals surface area contributed by atoms with Crippen LogP contribution in [0.3, 0.4) is 0 Å². The number of aliphatic carboxylic acids is 1. The van der Waals surface area contributed by atoms with Crippen molar-refractivity contribution in [3.63, 3.8) is 0 Å². The number of carbonyl (C=O) groups is 3. The molecule has 0 spiro atoms. The lowest BCUT2D eigenvalue weighted by molar-refractivity contribution is -0.142. The van der Waals surface area contributed by atoms with Gasteiger partial charge in [-0.1, -0.05) is 27.7 Å². The zero-order chi connectivity index (χ0) is 16.7. The predicted octanol–water partition coefficient (Wildman–Crippen LogP) is 0.0899. The van der Waals surface area contributed by atoms with E-state index in [0.717, 1.165) is 0 Å². The van der Waals surface area contributed by atoms with Crippen LogP contribution in [0.15, 0.2) is 0 Å². The van der Waals surface area contributed by atoms with Gasteiger partial charge >= 0.3 is 5.97 Å². The molecule has 7 nitrogen and oxygen atoms in total. The molecule has 0 aromatic heterocycles. The fraction of sp³-hybridized carbons (Fsp3) is 0.786. The number of amides is 2. The third kappa shape index (κ3) is 7.08. The van der Waals surface area contributed by atoms with Crippen LogP contribution in [0.25, 0.3) is 0 Å². The molecule has 0 radical (unpaired) electrons. The molecule has 0 aliphatic rings. The van der Waals surface area contributed by atoms with Gasteiger partial charge < -0.3 is 21.5 Å². The molecule has 0 saturated carbocycles. The van der Waals surface area contributed by atoms with Crippen LogP contribution in [0.1, 0.15) is 41.0 Å². The number of nitrogens with two attached hydrogens (primary N) is 1. The molecule has 0 aromatic rings. The molecule has 7 heteroatoms. The quantitative estimate of drug-likeness (QED) is 0.506. The minimum atomic E-state index is -1.09. The molecule has 5 N–H and O–H groups in total. The molecule has 0 aromatic carbocycles. The van der Waals surface area contributed by atoms with E-state index in [1.54, 1.807) is 13.8 Å². The highest BCUT2D eigenvalue weighted by atomic mass is 16.4. The Balaban J connectivity index is 4.56. The first-order chi connectivity index (χ1) is 9.56. The summed E-state index contributed by atoms with van der Waals surface area (Å²) in [6.45, 7) is 8.84. The van der Waals surface area contributed by atoms with Crippen molar-refractivity contribution in [1.82, 2.24) is 10.6 Å². The number of nitrogens with one attached hydrogen (secondary N) is 2. The van der Waals surface area contributed by atoms with Gasteiger partial charge in [0.05, 0.1) is 6.04 Å². The van der Waals surface area contributed by atoms with Crippen LogP contribution in [0.2, 0.25) is 0 Å². The summed E-state index contributed by atoms with van der Waals surface area (Å²) in [6, 6.07) is -2.50. The topological polar surface area (TPSA) is 122 Å². The van der Waals surface area contributed by atoms with Gasteiger partial charge in [-0.3, -0.25) is 9.59 Å². The van der Waals surface area contributed by atoms with E-state index in [1.165, 1.54) is 6.92 Å². The molecule has 0 aliphatic carbocycles. The van der Waals surface area contributed by atoms with E-state index < -0.39 is 35.9 Å². The van der Waals surface area contributed by atoms with Crippen molar-refractivity contribution >= 4 is 17.8 Å². The van der Waals surface area contributed by atoms with E-state index >= 15 is 0 Å². The summed E-state index contributed by atoms with van der Waals surface area (Å²) in [5, 5.41) is 14.0. The van der Waals surface area contributed by atoms with Gasteiger partial charge in [0.25, 0.3) is 0 Å². The van der Waals surface area contributed by atoms with Crippen LogP contribution in [-0.4, -0.2) is 41.0 Å². The molecular formula is C14H27N3O4. The highest BCUT2D eigenvalue weighted by Crippen LogP contribution is 2.05. The first-order valence-electron chi connectivity index (χ1n) is 7.15. The Morgan fingerprint density at radius 1 is 1.00 bits per heavy atom. The van der Waals surface area contributed by atoms with Gasteiger partial charge in [-0.15, -0.1) is 0 Å². The Hall–Kier alpha value is -1.63. The molecule has 0 heterocycles. The van der Waals surface area contributed by atoms with E-state index in [2.05, 4.69) is 10.6 Å². The van der Waals surface area contributed by atoms with Crippen LogP contribution < -0.4 is 16.4 Å². The molecule has 0 rings (SSSR count). The third-order valence-corrected chi connectivity index (χ3v) is 3.09. The summed E-state index contributed by atoms with van der Waals surface area (Å²) in [5.41, 5.74) is 5.69. The molecule has 0 bridgehead atoms. The first kappa shape index (κ1) is 19.4. The smallest absolute Gasteiger partial charge is 0.326 e. The molecule has 3 unspecified atom stereocenters. The molecule has 0 fully saturated rings. The standard InChI is InChI=1S/C14H27N3O4/c1-7(2)6-10(14(20)21)17-12(18)9(5)16-13(19)11(15)8(3)4/h7-11H,6,15H2,1-5H3,(H,16,19)(H,17,18)(H,20,21). The Kier molecular flexibility index (Phi) is 7.94. The van der Waals surface area contributed by atoms with Crippen molar-refractivity contribution in [2.75, 3.05) is 0 Å². The van der Waals surface area contributed by atoms with Crippen LogP contribution in [-0.2, 0) is 14.4 Å². The molecule has 0 aliphatic heterocycles. The summed E-state index contributed by atoms with van der Waals surface area (Å²) < 4.78 is 0. The molecule has 122 valence electrons. The molecule has 0 saturated heterocycles.